The van der Waals surface area contributed by atoms with Crippen LogP contribution in [0.15, 0.2) is 42.7 Å². The highest BCUT2D eigenvalue weighted by molar-refractivity contribution is 5.17. The average Bonchev–Trinajstić information content (AvgIpc) is 3.12. The maximum absolute atomic E-state index is 6.11. The molecule has 0 radical (unpaired) electrons. The first-order valence-electron chi connectivity index (χ1n) is 9.23. The van der Waals surface area contributed by atoms with Gasteiger partial charge in [-0.05, 0) is 31.7 Å². The second-order valence-electron chi connectivity index (χ2n) is 6.68. The fourth-order valence-corrected chi connectivity index (χ4v) is 3.55. The predicted octanol–water partition coefficient (Wildman–Crippen LogP) is 2.97. The van der Waals surface area contributed by atoms with Crippen LogP contribution in [0.5, 0.6) is 0 Å². The Kier molecular flexibility index (Phi) is 6.62. The van der Waals surface area contributed by atoms with Crippen LogP contribution in [0.2, 0.25) is 0 Å². The Morgan fingerprint density at radius 1 is 1.36 bits per heavy atom. The number of hydrogen-bond acceptors (Lipinski definition) is 4. The molecule has 1 aliphatic heterocycles. The fourth-order valence-electron chi connectivity index (χ4n) is 3.55. The van der Waals surface area contributed by atoms with Gasteiger partial charge in [0, 0.05) is 44.1 Å². The van der Waals surface area contributed by atoms with Crippen LogP contribution in [0, 0.1) is 0 Å². The van der Waals surface area contributed by atoms with Crippen molar-refractivity contribution in [3.05, 3.63) is 53.9 Å². The molecule has 5 heteroatoms. The van der Waals surface area contributed by atoms with Gasteiger partial charge in [0.2, 0.25) is 0 Å². The molecule has 0 bridgehead atoms. The lowest BCUT2D eigenvalue weighted by atomic mass is 9.96. The van der Waals surface area contributed by atoms with Gasteiger partial charge in [0.15, 0.2) is 0 Å². The summed E-state index contributed by atoms with van der Waals surface area (Å²) in [5.74, 6) is 0. The van der Waals surface area contributed by atoms with Gasteiger partial charge in [-0.25, -0.2) is 0 Å². The van der Waals surface area contributed by atoms with E-state index in [2.05, 4.69) is 53.9 Å². The zero-order valence-electron chi connectivity index (χ0n) is 15.2. The first-order valence-corrected chi connectivity index (χ1v) is 9.23. The number of nitrogens with one attached hydrogen (secondary N) is 1. The van der Waals surface area contributed by atoms with Crippen LogP contribution in [-0.2, 0) is 22.4 Å². The molecule has 0 aliphatic carbocycles. The van der Waals surface area contributed by atoms with Crippen molar-refractivity contribution in [1.82, 2.24) is 15.1 Å². The molecule has 0 spiro atoms. The van der Waals surface area contributed by atoms with Crippen molar-refractivity contribution in [3.63, 3.8) is 0 Å². The second kappa shape index (κ2) is 9.13. The molecule has 0 saturated carbocycles. The van der Waals surface area contributed by atoms with Crippen molar-refractivity contribution < 1.29 is 9.47 Å². The molecule has 1 aliphatic rings. The van der Waals surface area contributed by atoms with Gasteiger partial charge in [0.1, 0.15) is 6.10 Å². The third-order valence-corrected chi connectivity index (χ3v) is 4.77. The zero-order chi connectivity index (χ0) is 17.5. The highest BCUT2D eigenvalue weighted by atomic mass is 16.5. The number of aryl methyl sites for hydroxylation is 1. The van der Waals surface area contributed by atoms with E-state index in [0.29, 0.717) is 6.61 Å². The van der Waals surface area contributed by atoms with E-state index < -0.39 is 0 Å². The third-order valence-electron chi connectivity index (χ3n) is 4.77. The van der Waals surface area contributed by atoms with E-state index in [1.807, 2.05) is 10.9 Å². The molecular weight excluding hydrogens is 314 g/mol. The van der Waals surface area contributed by atoms with Gasteiger partial charge in [-0.3, -0.25) is 4.68 Å². The standard InChI is InChI=1S/C20H29N3O2/c1-3-23-14-17(13-21-23)20-19(10-7-11-25-20)22-18(15-24-2)12-16-8-5-4-6-9-16/h4-6,8-9,13-14,18-20,22H,3,7,10-12,15H2,1-2H3/t18-,19-,20+/m0/s1. The van der Waals surface area contributed by atoms with Crippen molar-refractivity contribution in [2.24, 2.45) is 0 Å². The Labute approximate surface area is 150 Å². The number of ether oxygens (including phenoxy) is 2. The van der Waals surface area contributed by atoms with E-state index in [1.165, 1.54) is 5.56 Å². The molecule has 2 heterocycles. The maximum Gasteiger partial charge on any atom is 0.101 e. The Bertz CT molecular complexity index is 629. The van der Waals surface area contributed by atoms with Crippen LogP contribution in [0.3, 0.4) is 0 Å². The molecule has 1 saturated heterocycles. The van der Waals surface area contributed by atoms with Crippen molar-refractivity contribution in [2.45, 2.75) is 50.9 Å². The van der Waals surface area contributed by atoms with Gasteiger partial charge in [-0.1, -0.05) is 30.3 Å². The van der Waals surface area contributed by atoms with Crippen molar-refractivity contribution in [2.75, 3.05) is 20.3 Å². The molecule has 1 aromatic carbocycles. The summed E-state index contributed by atoms with van der Waals surface area (Å²) in [7, 11) is 1.76. The largest absolute Gasteiger partial charge is 0.383 e. The average molecular weight is 343 g/mol. The van der Waals surface area contributed by atoms with Crippen molar-refractivity contribution in [1.29, 1.82) is 0 Å². The summed E-state index contributed by atoms with van der Waals surface area (Å²) in [5, 5.41) is 8.21. The van der Waals surface area contributed by atoms with Gasteiger partial charge in [-0.2, -0.15) is 5.10 Å². The highest BCUT2D eigenvalue weighted by Crippen LogP contribution is 2.28. The molecule has 3 rings (SSSR count). The molecule has 1 N–H and O–H groups in total. The minimum Gasteiger partial charge on any atom is -0.383 e. The number of aromatic nitrogens is 2. The first kappa shape index (κ1) is 18.1. The van der Waals surface area contributed by atoms with Crippen molar-refractivity contribution in [3.8, 4) is 0 Å². The van der Waals surface area contributed by atoms with Gasteiger partial charge in [0.05, 0.1) is 12.8 Å². The maximum atomic E-state index is 6.11. The van der Waals surface area contributed by atoms with Crippen LogP contribution >= 0.6 is 0 Å². The Morgan fingerprint density at radius 3 is 2.92 bits per heavy atom. The quantitative estimate of drug-likeness (QED) is 0.800. The Hall–Kier alpha value is -1.69. The Balaban J connectivity index is 1.69. The molecule has 1 aromatic heterocycles. The lowest BCUT2D eigenvalue weighted by Gasteiger charge is -2.35. The normalized spacial score (nSPS) is 22.0. The number of hydrogen-bond donors (Lipinski definition) is 1. The van der Waals surface area contributed by atoms with Crippen LogP contribution in [-0.4, -0.2) is 42.2 Å². The topological polar surface area (TPSA) is 48.3 Å². The van der Waals surface area contributed by atoms with Gasteiger partial charge >= 0.3 is 0 Å². The monoisotopic (exact) mass is 343 g/mol. The number of methoxy groups -OCH3 is 1. The van der Waals surface area contributed by atoms with E-state index in [1.54, 1.807) is 7.11 Å². The van der Waals surface area contributed by atoms with E-state index in [0.717, 1.165) is 38.0 Å². The molecular formula is C20H29N3O2. The molecule has 0 amide bonds. The number of rotatable bonds is 8. The van der Waals surface area contributed by atoms with E-state index in [4.69, 9.17) is 9.47 Å². The van der Waals surface area contributed by atoms with E-state index in [9.17, 15) is 0 Å². The summed E-state index contributed by atoms with van der Waals surface area (Å²) in [6.45, 7) is 4.48. The molecule has 136 valence electrons. The molecule has 1 fully saturated rings. The molecule has 5 nitrogen and oxygen atoms in total. The van der Waals surface area contributed by atoms with Crippen LogP contribution in [0.1, 0.15) is 37.0 Å². The third kappa shape index (κ3) is 4.91. The molecule has 3 atom stereocenters. The zero-order valence-corrected chi connectivity index (χ0v) is 15.2. The summed E-state index contributed by atoms with van der Waals surface area (Å²) in [6.07, 6.45) is 7.25. The van der Waals surface area contributed by atoms with Crippen LogP contribution in [0.4, 0.5) is 0 Å². The molecule has 25 heavy (non-hydrogen) atoms. The van der Waals surface area contributed by atoms with Gasteiger partial charge in [0.25, 0.3) is 0 Å². The van der Waals surface area contributed by atoms with E-state index in [-0.39, 0.29) is 18.2 Å². The predicted molar refractivity (Wildman–Crippen MR) is 98.6 cm³/mol. The molecule has 2 aromatic rings. The summed E-state index contributed by atoms with van der Waals surface area (Å²) in [4.78, 5) is 0. The summed E-state index contributed by atoms with van der Waals surface area (Å²) >= 11 is 0. The SMILES string of the molecule is CCn1cc([C@H]2OCCC[C@@H]2N[C@H](COC)Cc2ccccc2)cn1. The minimum atomic E-state index is 0.0594. The lowest BCUT2D eigenvalue weighted by Crippen LogP contribution is -2.47. The summed E-state index contributed by atoms with van der Waals surface area (Å²) in [6, 6.07) is 11.1. The number of nitrogens with zero attached hydrogens (tertiary/aromatic N) is 2. The van der Waals surface area contributed by atoms with Gasteiger partial charge in [-0.15, -0.1) is 0 Å². The molecule has 0 unspecified atom stereocenters. The Morgan fingerprint density at radius 2 is 2.20 bits per heavy atom. The highest BCUT2D eigenvalue weighted by Gasteiger charge is 2.30. The summed E-state index contributed by atoms with van der Waals surface area (Å²) in [5.41, 5.74) is 2.49. The van der Waals surface area contributed by atoms with Crippen LogP contribution < -0.4 is 5.32 Å². The second-order valence-corrected chi connectivity index (χ2v) is 6.68. The first-order chi connectivity index (χ1) is 12.3. The minimum absolute atomic E-state index is 0.0594. The fraction of sp³-hybridized carbons (Fsp3) is 0.550. The van der Waals surface area contributed by atoms with E-state index >= 15 is 0 Å². The smallest absolute Gasteiger partial charge is 0.101 e. The number of benzene rings is 1. The lowest BCUT2D eigenvalue weighted by molar-refractivity contribution is -0.0168. The van der Waals surface area contributed by atoms with Crippen molar-refractivity contribution >= 4 is 0 Å². The summed E-state index contributed by atoms with van der Waals surface area (Å²) < 4.78 is 13.5. The van der Waals surface area contributed by atoms with Gasteiger partial charge < -0.3 is 14.8 Å². The van der Waals surface area contributed by atoms with Crippen LogP contribution in [0.25, 0.3) is 0 Å².